The van der Waals surface area contributed by atoms with Crippen molar-refractivity contribution in [2.45, 2.75) is 17.2 Å². The van der Waals surface area contributed by atoms with E-state index >= 15 is 0 Å². The molecule has 4 fully saturated rings. The summed E-state index contributed by atoms with van der Waals surface area (Å²) in [5.41, 5.74) is 3.26. The SMILES string of the molecule is N[C@@]1(C(=O)O)C[O+]2[C@@H]3[C@H]1[C@@]32C(=O)O. The number of fused-ring (bicyclic) bond motifs is 1. The van der Waals surface area contributed by atoms with Crippen LogP contribution in [-0.4, -0.2) is 46.0 Å². The van der Waals surface area contributed by atoms with Gasteiger partial charge in [0, 0.05) is 0 Å². The molecule has 3 heterocycles. The molecule has 6 nitrogen and oxygen atoms in total. The van der Waals surface area contributed by atoms with Crippen LogP contribution >= 0.6 is 0 Å². The molecule has 0 unspecified atom stereocenters. The standard InChI is InChI=1S/C7H7NO5/c8-6(4(9)10)1-13-3-2(6)7(3,13)5(11)12/h2-3H,1,8H2,(H-,9,10,11,12)/p+1/t2-,3-,6+,7+/m1/s1. The van der Waals surface area contributed by atoms with Crippen LogP contribution in [0.25, 0.3) is 0 Å². The van der Waals surface area contributed by atoms with E-state index in [0.29, 0.717) is 0 Å². The van der Waals surface area contributed by atoms with Gasteiger partial charge in [0.2, 0.25) is 5.54 Å². The van der Waals surface area contributed by atoms with Gasteiger partial charge in [-0.15, -0.1) is 0 Å². The second-order valence-electron chi connectivity index (χ2n) is 3.92. The summed E-state index contributed by atoms with van der Waals surface area (Å²) in [6.45, 7) is 0.0873. The van der Waals surface area contributed by atoms with Gasteiger partial charge in [0.15, 0.2) is 12.5 Å². The molecule has 3 saturated heterocycles. The maximum atomic E-state index is 10.8. The molecule has 0 aromatic heterocycles. The Morgan fingerprint density at radius 2 is 2.00 bits per heavy atom. The lowest BCUT2D eigenvalue weighted by molar-refractivity contribution is -0.151. The zero-order chi connectivity index (χ0) is 9.59. The molecule has 0 aromatic carbocycles. The third-order valence-corrected chi connectivity index (χ3v) is 3.44. The third-order valence-electron chi connectivity index (χ3n) is 3.44. The average molecular weight is 186 g/mol. The largest absolute Gasteiger partial charge is 0.480 e. The molecular formula is C7H8NO5+. The van der Waals surface area contributed by atoms with E-state index in [1.807, 2.05) is 0 Å². The fourth-order valence-electron chi connectivity index (χ4n) is 2.71. The van der Waals surface area contributed by atoms with Gasteiger partial charge < -0.3 is 20.3 Å². The zero-order valence-corrected chi connectivity index (χ0v) is 6.56. The molecule has 0 spiro atoms. The van der Waals surface area contributed by atoms with Gasteiger partial charge in [-0.3, -0.25) is 0 Å². The molecule has 4 atom stereocenters. The third kappa shape index (κ3) is 0.443. The Labute approximate surface area is 72.6 Å². The minimum atomic E-state index is -1.37. The number of hydrogen-bond donors (Lipinski definition) is 3. The minimum Gasteiger partial charge on any atom is -0.480 e. The normalized spacial score (nSPS) is 55.8. The number of carboxylic acids is 2. The first-order valence-electron chi connectivity index (χ1n) is 3.93. The quantitative estimate of drug-likeness (QED) is 0.347. The van der Waals surface area contributed by atoms with Crippen molar-refractivity contribution in [1.82, 2.24) is 0 Å². The maximum Gasteiger partial charge on any atom is 0.397 e. The van der Waals surface area contributed by atoms with Crippen molar-refractivity contribution in [2.24, 2.45) is 11.7 Å². The van der Waals surface area contributed by atoms with E-state index in [4.69, 9.17) is 15.9 Å². The number of hydrogen-bond acceptors (Lipinski definition) is 3. The smallest absolute Gasteiger partial charge is 0.397 e. The number of aliphatic carboxylic acids is 2. The van der Waals surface area contributed by atoms with E-state index < -0.39 is 29.0 Å². The van der Waals surface area contributed by atoms with Gasteiger partial charge in [0.25, 0.3) is 6.10 Å². The van der Waals surface area contributed by atoms with Gasteiger partial charge in [0.1, 0.15) is 0 Å². The van der Waals surface area contributed by atoms with Gasteiger partial charge >= 0.3 is 17.5 Å². The van der Waals surface area contributed by atoms with Crippen molar-refractivity contribution in [1.29, 1.82) is 0 Å². The molecule has 4 rings (SSSR count). The van der Waals surface area contributed by atoms with Crippen LogP contribution < -0.4 is 5.73 Å². The fourth-order valence-corrected chi connectivity index (χ4v) is 2.71. The summed E-state index contributed by atoms with van der Waals surface area (Å²) in [5.74, 6) is -2.50. The van der Waals surface area contributed by atoms with E-state index in [0.717, 1.165) is 0 Å². The van der Waals surface area contributed by atoms with Crippen LogP contribution in [0.4, 0.5) is 0 Å². The van der Waals surface area contributed by atoms with Crippen LogP contribution in [0.3, 0.4) is 0 Å². The molecule has 13 heavy (non-hydrogen) atoms. The lowest BCUT2D eigenvalue weighted by Crippen LogP contribution is -2.50. The summed E-state index contributed by atoms with van der Waals surface area (Å²) < 4.78 is 2.45. The highest BCUT2D eigenvalue weighted by Gasteiger charge is 3.12. The van der Waals surface area contributed by atoms with Crippen LogP contribution in [0.5, 0.6) is 0 Å². The number of nitrogens with two attached hydrogens (primary N) is 1. The summed E-state index contributed by atoms with van der Waals surface area (Å²) in [6, 6.07) is 0. The molecule has 2 bridgehead atoms. The Hall–Kier alpha value is -1.14. The zero-order valence-electron chi connectivity index (χ0n) is 6.56. The fraction of sp³-hybridized carbons (Fsp3) is 0.714. The molecular weight excluding hydrogens is 178 g/mol. The first-order chi connectivity index (χ1) is 5.97. The predicted octanol–water partition coefficient (Wildman–Crippen LogP) is -1.83. The first kappa shape index (κ1) is 7.28. The second-order valence-corrected chi connectivity index (χ2v) is 3.92. The van der Waals surface area contributed by atoms with Gasteiger partial charge in [-0.1, -0.05) is 0 Å². The van der Waals surface area contributed by atoms with Gasteiger partial charge in [-0.2, -0.15) is 0 Å². The molecule has 1 aliphatic carbocycles. The Balaban J connectivity index is 1.97. The summed E-state index contributed by atoms with van der Waals surface area (Å²) in [6.07, 6.45) is -0.189. The van der Waals surface area contributed by atoms with Gasteiger partial charge in [-0.05, 0) is 0 Å². The second kappa shape index (κ2) is 1.46. The van der Waals surface area contributed by atoms with E-state index in [-0.39, 0.29) is 12.7 Å². The highest BCUT2D eigenvalue weighted by atomic mass is 16.9. The highest BCUT2D eigenvalue weighted by molar-refractivity contribution is 5.96. The number of rotatable bonds is 2. The molecule has 4 N–H and O–H groups in total. The van der Waals surface area contributed by atoms with Crippen molar-refractivity contribution in [3.63, 3.8) is 0 Å². The molecule has 0 aromatic rings. The van der Waals surface area contributed by atoms with Crippen LogP contribution in [0, 0.1) is 5.92 Å². The van der Waals surface area contributed by atoms with Crippen LogP contribution in [0.2, 0.25) is 0 Å². The van der Waals surface area contributed by atoms with E-state index in [2.05, 4.69) is 4.37 Å². The molecule has 0 radical (unpaired) electrons. The Morgan fingerprint density at radius 1 is 1.38 bits per heavy atom. The van der Waals surface area contributed by atoms with Gasteiger partial charge in [-0.25, -0.2) is 9.59 Å². The topological polar surface area (TPSA) is 103 Å². The van der Waals surface area contributed by atoms with Gasteiger partial charge in [0.05, 0.1) is 0 Å². The average Bonchev–Trinajstić information content (AvgIpc) is 2.79. The van der Waals surface area contributed by atoms with Crippen LogP contribution in [0.1, 0.15) is 0 Å². The molecule has 70 valence electrons. The van der Waals surface area contributed by atoms with Crippen molar-refractivity contribution in [3.05, 3.63) is 0 Å². The summed E-state index contributed by atoms with van der Waals surface area (Å²) >= 11 is 0. The summed E-state index contributed by atoms with van der Waals surface area (Å²) in [4.78, 5) is 21.6. The first-order valence-corrected chi connectivity index (χ1v) is 3.93. The van der Waals surface area contributed by atoms with Crippen molar-refractivity contribution in [2.75, 3.05) is 6.61 Å². The van der Waals surface area contributed by atoms with Crippen LogP contribution in [0.15, 0.2) is 0 Å². The number of carboxylic acid groups (broad SMARTS) is 2. The van der Waals surface area contributed by atoms with E-state index in [1.165, 1.54) is 0 Å². The summed E-state index contributed by atoms with van der Waals surface area (Å²) in [5, 5.41) is 17.7. The Bertz CT molecular complexity index is 349. The van der Waals surface area contributed by atoms with E-state index in [9.17, 15) is 9.59 Å². The van der Waals surface area contributed by atoms with Crippen molar-refractivity contribution >= 4 is 11.9 Å². The Morgan fingerprint density at radius 3 is 2.23 bits per heavy atom. The number of epoxide rings is 1. The molecule has 3 aliphatic heterocycles. The van der Waals surface area contributed by atoms with Crippen molar-refractivity contribution < 1.29 is 24.2 Å². The molecule has 4 aliphatic rings. The lowest BCUT2D eigenvalue weighted by Gasteiger charge is -2.09. The van der Waals surface area contributed by atoms with E-state index in [1.54, 1.807) is 0 Å². The minimum absolute atomic E-state index is 0.0873. The highest BCUT2D eigenvalue weighted by Crippen LogP contribution is 2.80. The predicted molar refractivity (Wildman–Crippen MR) is 38.2 cm³/mol. The van der Waals surface area contributed by atoms with Crippen LogP contribution in [-0.2, 0) is 14.0 Å². The molecule has 6 heteroatoms. The molecule has 0 amide bonds. The molecule has 1 saturated carbocycles. The Kier molecular flexibility index (Phi) is 0.820. The summed E-state index contributed by atoms with van der Waals surface area (Å²) in [7, 11) is 0. The number of carbonyl (C=O) groups is 2. The monoisotopic (exact) mass is 186 g/mol. The van der Waals surface area contributed by atoms with Crippen molar-refractivity contribution in [3.8, 4) is 0 Å². The lowest BCUT2D eigenvalue weighted by atomic mass is 9.96. The maximum absolute atomic E-state index is 10.8.